The second-order valence-corrected chi connectivity index (χ2v) is 5.45. The van der Waals surface area contributed by atoms with Gasteiger partial charge in [0.2, 0.25) is 0 Å². The number of nitrogens with zero attached hydrogens (tertiary/aromatic N) is 1. The Labute approximate surface area is 127 Å². The second kappa shape index (κ2) is 5.97. The highest BCUT2D eigenvalue weighted by atomic mass is 32.2. The number of hydrogen-bond acceptors (Lipinski definition) is 3. The predicted octanol–water partition coefficient (Wildman–Crippen LogP) is 4.21. The second-order valence-electron chi connectivity index (χ2n) is 4.58. The number of rotatable bonds is 3. The normalized spacial score (nSPS) is 10.5. The zero-order valence-electron chi connectivity index (χ0n) is 11.5. The van der Waals surface area contributed by atoms with Crippen LogP contribution in [0.5, 0.6) is 0 Å². The molecule has 4 heteroatoms. The summed E-state index contributed by atoms with van der Waals surface area (Å²) in [5, 5.41) is 3.91. The molecule has 0 radical (unpaired) electrons. The minimum absolute atomic E-state index is 0.195. The van der Waals surface area contributed by atoms with Gasteiger partial charge in [-0.05, 0) is 36.6 Å². The summed E-state index contributed by atoms with van der Waals surface area (Å²) in [6.07, 6.45) is 2.01. The molecule has 0 bridgehead atoms. The lowest BCUT2D eigenvalue weighted by atomic mass is 10.2. The maximum atomic E-state index is 12.3. The monoisotopic (exact) mass is 294 g/mol. The third kappa shape index (κ3) is 3.06. The van der Waals surface area contributed by atoms with Gasteiger partial charge in [0.1, 0.15) is 5.69 Å². The Morgan fingerprint density at radius 1 is 1.05 bits per heavy atom. The minimum atomic E-state index is -0.195. The fraction of sp³-hybridized carbons (Fsp3) is 0.0588. The topological polar surface area (TPSA) is 42.0 Å². The number of aromatic nitrogens is 1. The maximum Gasteiger partial charge on any atom is 0.274 e. The van der Waals surface area contributed by atoms with Crippen LogP contribution in [0.1, 0.15) is 10.5 Å². The molecule has 1 N–H and O–H groups in total. The molecule has 3 nitrogen and oxygen atoms in total. The van der Waals surface area contributed by atoms with Gasteiger partial charge < -0.3 is 5.32 Å². The van der Waals surface area contributed by atoms with Crippen LogP contribution in [-0.4, -0.2) is 17.1 Å². The van der Waals surface area contributed by atoms with Crippen LogP contribution in [0.15, 0.2) is 65.6 Å². The number of benzene rings is 2. The molecule has 0 saturated carbocycles. The highest BCUT2D eigenvalue weighted by Crippen LogP contribution is 2.19. The average molecular weight is 294 g/mol. The quantitative estimate of drug-likeness (QED) is 0.736. The Balaban J connectivity index is 1.86. The molecule has 3 aromatic rings. The van der Waals surface area contributed by atoms with Crippen LogP contribution in [0.2, 0.25) is 0 Å². The molecule has 104 valence electrons. The molecule has 1 aromatic heterocycles. The first kappa shape index (κ1) is 13.6. The largest absolute Gasteiger partial charge is 0.321 e. The standard InChI is InChI=1S/C17H14N2OS/c1-21-14-7-4-6-13(11-14)18-17(20)16-10-9-12-5-2-3-8-15(12)19-16/h2-11H,1H3,(H,18,20). The first-order valence-electron chi connectivity index (χ1n) is 6.57. The van der Waals surface area contributed by atoms with Gasteiger partial charge in [0.05, 0.1) is 5.52 Å². The molecular formula is C17H14N2OS. The molecule has 0 aliphatic carbocycles. The predicted molar refractivity (Wildman–Crippen MR) is 87.9 cm³/mol. The van der Waals surface area contributed by atoms with E-state index < -0.39 is 0 Å². The van der Waals surface area contributed by atoms with Gasteiger partial charge in [0, 0.05) is 16.0 Å². The number of nitrogens with one attached hydrogen (secondary N) is 1. The van der Waals surface area contributed by atoms with Crippen molar-refractivity contribution >= 4 is 34.3 Å². The zero-order valence-corrected chi connectivity index (χ0v) is 12.4. The number of hydrogen-bond donors (Lipinski definition) is 1. The van der Waals surface area contributed by atoms with Crippen LogP contribution in [0.25, 0.3) is 10.9 Å². The van der Waals surface area contributed by atoms with E-state index in [1.165, 1.54) is 0 Å². The molecule has 1 amide bonds. The molecule has 0 aliphatic heterocycles. The summed E-state index contributed by atoms with van der Waals surface area (Å²) in [6.45, 7) is 0. The van der Waals surface area contributed by atoms with E-state index in [0.29, 0.717) is 5.69 Å². The summed E-state index contributed by atoms with van der Waals surface area (Å²) in [7, 11) is 0. The number of amides is 1. The number of pyridine rings is 1. The average Bonchev–Trinajstić information content (AvgIpc) is 2.54. The fourth-order valence-electron chi connectivity index (χ4n) is 2.09. The summed E-state index contributed by atoms with van der Waals surface area (Å²) < 4.78 is 0. The van der Waals surface area contributed by atoms with Gasteiger partial charge in [-0.3, -0.25) is 4.79 Å². The Bertz CT molecular complexity index is 801. The van der Waals surface area contributed by atoms with E-state index in [1.807, 2.05) is 60.9 Å². The van der Waals surface area contributed by atoms with Crippen molar-refractivity contribution in [3.8, 4) is 0 Å². The number of carbonyl (C=O) groups excluding carboxylic acids is 1. The Morgan fingerprint density at radius 3 is 2.76 bits per heavy atom. The van der Waals surface area contributed by atoms with E-state index in [9.17, 15) is 4.79 Å². The number of para-hydroxylation sites is 1. The highest BCUT2D eigenvalue weighted by molar-refractivity contribution is 7.98. The SMILES string of the molecule is CSc1cccc(NC(=O)c2ccc3ccccc3n2)c1. The highest BCUT2D eigenvalue weighted by Gasteiger charge is 2.08. The van der Waals surface area contributed by atoms with Crippen molar-refractivity contribution in [1.82, 2.24) is 4.98 Å². The van der Waals surface area contributed by atoms with Gasteiger partial charge in [-0.2, -0.15) is 0 Å². The van der Waals surface area contributed by atoms with Gasteiger partial charge in [-0.25, -0.2) is 4.98 Å². The molecule has 21 heavy (non-hydrogen) atoms. The van der Waals surface area contributed by atoms with Crippen LogP contribution in [0.3, 0.4) is 0 Å². The lowest BCUT2D eigenvalue weighted by Crippen LogP contribution is -2.13. The summed E-state index contributed by atoms with van der Waals surface area (Å²) in [5.74, 6) is -0.195. The lowest BCUT2D eigenvalue weighted by Gasteiger charge is -2.06. The molecule has 1 heterocycles. The van der Waals surface area contributed by atoms with Crippen LogP contribution in [0, 0.1) is 0 Å². The van der Waals surface area contributed by atoms with Crippen LogP contribution >= 0.6 is 11.8 Å². The van der Waals surface area contributed by atoms with Crippen molar-refractivity contribution in [2.75, 3.05) is 11.6 Å². The van der Waals surface area contributed by atoms with Gasteiger partial charge in [0.25, 0.3) is 5.91 Å². The zero-order chi connectivity index (χ0) is 14.7. The van der Waals surface area contributed by atoms with Crippen LogP contribution in [0.4, 0.5) is 5.69 Å². The van der Waals surface area contributed by atoms with Crippen molar-refractivity contribution in [2.24, 2.45) is 0 Å². The third-order valence-electron chi connectivity index (χ3n) is 3.16. The number of anilines is 1. The summed E-state index contributed by atoms with van der Waals surface area (Å²) >= 11 is 1.64. The van der Waals surface area contributed by atoms with Crippen LogP contribution in [-0.2, 0) is 0 Å². The molecule has 0 atom stereocenters. The number of carbonyl (C=O) groups is 1. The van der Waals surface area contributed by atoms with Gasteiger partial charge in [0.15, 0.2) is 0 Å². The van der Waals surface area contributed by atoms with E-state index >= 15 is 0 Å². The van der Waals surface area contributed by atoms with Crippen molar-refractivity contribution in [1.29, 1.82) is 0 Å². The van der Waals surface area contributed by atoms with Gasteiger partial charge in [-0.15, -0.1) is 11.8 Å². The maximum absolute atomic E-state index is 12.3. The molecule has 0 saturated heterocycles. The molecule has 0 fully saturated rings. The van der Waals surface area contributed by atoms with Gasteiger partial charge in [-0.1, -0.05) is 30.3 Å². The minimum Gasteiger partial charge on any atom is -0.321 e. The molecular weight excluding hydrogens is 280 g/mol. The fourth-order valence-corrected chi connectivity index (χ4v) is 2.55. The first-order chi connectivity index (χ1) is 10.3. The molecule has 0 spiro atoms. The Kier molecular flexibility index (Phi) is 3.88. The summed E-state index contributed by atoms with van der Waals surface area (Å²) in [4.78, 5) is 17.8. The van der Waals surface area contributed by atoms with Crippen molar-refractivity contribution in [2.45, 2.75) is 4.90 Å². The van der Waals surface area contributed by atoms with E-state index in [2.05, 4.69) is 10.3 Å². The van der Waals surface area contributed by atoms with Crippen LogP contribution < -0.4 is 5.32 Å². The molecule has 2 aromatic carbocycles. The number of fused-ring (bicyclic) bond motifs is 1. The Hall–Kier alpha value is -2.33. The number of thioether (sulfide) groups is 1. The summed E-state index contributed by atoms with van der Waals surface area (Å²) in [6, 6.07) is 19.2. The first-order valence-corrected chi connectivity index (χ1v) is 7.80. The van der Waals surface area contributed by atoms with E-state index in [0.717, 1.165) is 21.5 Å². The lowest BCUT2D eigenvalue weighted by molar-refractivity contribution is 0.102. The molecule has 0 aliphatic rings. The van der Waals surface area contributed by atoms with Crippen molar-refractivity contribution in [3.05, 3.63) is 66.4 Å². The van der Waals surface area contributed by atoms with E-state index in [1.54, 1.807) is 17.8 Å². The Morgan fingerprint density at radius 2 is 1.90 bits per heavy atom. The molecule has 3 rings (SSSR count). The van der Waals surface area contributed by atoms with Gasteiger partial charge >= 0.3 is 0 Å². The molecule has 0 unspecified atom stereocenters. The smallest absolute Gasteiger partial charge is 0.274 e. The van der Waals surface area contributed by atoms with E-state index in [-0.39, 0.29) is 5.91 Å². The third-order valence-corrected chi connectivity index (χ3v) is 3.88. The summed E-state index contributed by atoms with van der Waals surface area (Å²) in [5.41, 5.74) is 2.02. The van der Waals surface area contributed by atoms with E-state index in [4.69, 9.17) is 0 Å². The van der Waals surface area contributed by atoms with Crippen molar-refractivity contribution in [3.63, 3.8) is 0 Å². The van der Waals surface area contributed by atoms with Crippen molar-refractivity contribution < 1.29 is 4.79 Å².